The largest absolute Gasteiger partial charge is 0.496 e. The molecule has 0 aliphatic heterocycles. The summed E-state index contributed by atoms with van der Waals surface area (Å²) in [7, 11) is 3.64. The monoisotopic (exact) mass is 258 g/mol. The number of methoxy groups -OCH3 is 1. The first kappa shape index (κ1) is 13.4. The Balaban J connectivity index is 2.18. The van der Waals surface area contributed by atoms with Crippen molar-refractivity contribution in [1.29, 1.82) is 0 Å². The fraction of sp³-hybridized carbons (Fsp3) is 0.267. The Kier molecular flexibility index (Phi) is 4.36. The highest BCUT2D eigenvalue weighted by Gasteiger charge is 2.08. The molecule has 4 heteroatoms. The van der Waals surface area contributed by atoms with Crippen molar-refractivity contribution in [2.45, 2.75) is 13.2 Å². The third-order valence-electron chi connectivity index (χ3n) is 2.98. The standard InChI is InChI=1S/C15H18N2O2/c1-17(15-9-12(11-18)7-8-16-15)10-13-5-3-4-6-14(13)19-2/h3-9,18H,10-11H2,1-2H3. The number of aromatic nitrogens is 1. The predicted molar refractivity (Wildman–Crippen MR) is 75.3 cm³/mol. The van der Waals surface area contributed by atoms with Crippen molar-refractivity contribution < 1.29 is 9.84 Å². The SMILES string of the molecule is COc1ccccc1CN(C)c1cc(CO)ccn1. The van der Waals surface area contributed by atoms with Crippen molar-refractivity contribution in [3.8, 4) is 5.75 Å². The van der Waals surface area contributed by atoms with E-state index in [0.717, 1.165) is 22.7 Å². The minimum absolute atomic E-state index is 0.0258. The zero-order valence-corrected chi connectivity index (χ0v) is 11.2. The molecular weight excluding hydrogens is 240 g/mol. The van der Waals surface area contributed by atoms with Crippen LogP contribution in [0.15, 0.2) is 42.6 Å². The van der Waals surface area contributed by atoms with Gasteiger partial charge in [0.15, 0.2) is 0 Å². The number of pyridine rings is 1. The second kappa shape index (κ2) is 6.20. The molecule has 1 aromatic carbocycles. The quantitative estimate of drug-likeness (QED) is 0.893. The van der Waals surface area contributed by atoms with E-state index in [0.29, 0.717) is 6.54 Å². The van der Waals surface area contributed by atoms with Crippen molar-refractivity contribution in [2.24, 2.45) is 0 Å². The van der Waals surface area contributed by atoms with E-state index >= 15 is 0 Å². The molecule has 0 amide bonds. The summed E-state index contributed by atoms with van der Waals surface area (Å²) in [6.07, 6.45) is 1.71. The Labute approximate surface area is 113 Å². The van der Waals surface area contributed by atoms with Crippen molar-refractivity contribution in [3.63, 3.8) is 0 Å². The second-order valence-corrected chi connectivity index (χ2v) is 4.35. The van der Waals surface area contributed by atoms with Crippen LogP contribution in [0, 0.1) is 0 Å². The number of hydrogen-bond donors (Lipinski definition) is 1. The Bertz CT molecular complexity index is 543. The lowest BCUT2D eigenvalue weighted by Crippen LogP contribution is -2.18. The maximum atomic E-state index is 9.15. The van der Waals surface area contributed by atoms with Gasteiger partial charge in [-0.25, -0.2) is 4.98 Å². The van der Waals surface area contributed by atoms with E-state index in [1.165, 1.54) is 0 Å². The van der Waals surface area contributed by atoms with E-state index in [9.17, 15) is 0 Å². The van der Waals surface area contributed by atoms with E-state index in [2.05, 4.69) is 4.98 Å². The number of benzene rings is 1. The molecule has 2 rings (SSSR count). The predicted octanol–water partition coefficient (Wildman–Crippen LogP) is 2.22. The molecule has 4 nitrogen and oxygen atoms in total. The topological polar surface area (TPSA) is 45.6 Å². The second-order valence-electron chi connectivity index (χ2n) is 4.35. The third-order valence-corrected chi connectivity index (χ3v) is 2.98. The zero-order valence-electron chi connectivity index (χ0n) is 11.2. The first-order chi connectivity index (χ1) is 9.24. The van der Waals surface area contributed by atoms with Gasteiger partial charge in [-0.3, -0.25) is 0 Å². The van der Waals surface area contributed by atoms with E-state index in [-0.39, 0.29) is 6.61 Å². The number of nitrogens with zero attached hydrogens (tertiary/aromatic N) is 2. The van der Waals surface area contributed by atoms with Gasteiger partial charge < -0.3 is 14.7 Å². The number of hydrogen-bond acceptors (Lipinski definition) is 4. The number of para-hydroxylation sites is 1. The van der Waals surface area contributed by atoms with Gasteiger partial charge in [-0.1, -0.05) is 18.2 Å². The fourth-order valence-electron chi connectivity index (χ4n) is 1.94. The molecule has 0 spiro atoms. The Morgan fingerprint density at radius 1 is 1.26 bits per heavy atom. The molecule has 0 saturated carbocycles. The van der Waals surface area contributed by atoms with Crippen molar-refractivity contribution >= 4 is 5.82 Å². The summed E-state index contributed by atoms with van der Waals surface area (Å²) in [4.78, 5) is 6.34. The van der Waals surface area contributed by atoms with Gasteiger partial charge in [-0.05, 0) is 23.8 Å². The molecule has 0 aliphatic carbocycles. The maximum Gasteiger partial charge on any atom is 0.128 e. The van der Waals surface area contributed by atoms with Crippen LogP contribution in [0.3, 0.4) is 0 Å². The van der Waals surface area contributed by atoms with Gasteiger partial charge in [0, 0.05) is 25.4 Å². The summed E-state index contributed by atoms with van der Waals surface area (Å²) >= 11 is 0. The number of aliphatic hydroxyl groups is 1. The minimum Gasteiger partial charge on any atom is -0.496 e. The number of aliphatic hydroxyl groups excluding tert-OH is 1. The first-order valence-corrected chi connectivity index (χ1v) is 6.13. The summed E-state index contributed by atoms with van der Waals surface area (Å²) in [5, 5.41) is 9.15. The molecule has 1 aromatic heterocycles. The van der Waals surface area contributed by atoms with Gasteiger partial charge >= 0.3 is 0 Å². The molecule has 0 bridgehead atoms. The number of ether oxygens (including phenoxy) is 1. The molecule has 0 atom stereocenters. The van der Waals surface area contributed by atoms with E-state index in [1.807, 2.05) is 42.3 Å². The Morgan fingerprint density at radius 2 is 2.05 bits per heavy atom. The van der Waals surface area contributed by atoms with Gasteiger partial charge in [0.2, 0.25) is 0 Å². The van der Waals surface area contributed by atoms with Crippen LogP contribution in [0.5, 0.6) is 5.75 Å². The zero-order chi connectivity index (χ0) is 13.7. The molecule has 0 saturated heterocycles. The lowest BCUT2D eigenvalue weighted by Gasteiger charge is -2.20. The van der Waals surface area contributed by atoms with Crippen LogP contribution >= 0.6 is 0 Å². The molecule has 0 fully saturated rings. The van der Waals surface area contributed by atoms with Crippen LogP contribution < -0.4 is 9.64 Å². The summed E-state index contributed by atoms with van der Waals surface area (Å²) < 4.78 is 5.34. The average Bonchev–Trinajstić information content (AvgIpc) is 2.47. The maximum absolute atomic E-state index is 9.15. The third kappa shape index (κ3) is 3.23. The molecule has 100 valence electrons. The van der Waals surface area contributed by atoms with E-state index < -0.39 is 0 Å². The highest BCUT2D eigenvalue weighted by atomic mass is 16.5. The van der Waals surface area contributed by atoms with Crippen molar-refractivity contribution in [1.82, 2.24) is 4.98 Å². The van der Waals surface area contributed by atoms with E-state index in [1.54, 1.807) is 19.4 Å². The lowest BCUT2D eigenvalue weighted by atomic mass is 10.2. The molecule has 0 unspecified atom stereocenters. The Morgan fingerprint density at radius 3 is 2.79 bits per heavy atom. The summed E-state index contributed by atoms with van der Waals surface area (Å²) in [5.74, 6) is 1.70. The van der Waals surface area contributed by atoms with Gasteiger partial charge in [-0.2, -0.15) is 0 Å². The van der Waals surface area contributed by atoms with Crippen LogP contribution in [0.25, 0.3) is 0 Å². The first-order valence-electron chi connectivity index (χ1n) is 6.13. The van der Waals surface area contributed by atoms with Crippen LogP contribution in [-0.4, -0.2) is 24.2 Å². The molecule has 2 aromatic rings. The molecule has 0 aliphatic rings. The minimum atomic E-state index is 0.0258. The van der Waals surface area contributed by atoms with Gasteiger partial charge in [0.05, 0.1) is 13.7 Å². The summed E-state index contributed by atoms with van der Waals surface area (Å²) in [5.41, 5.74) is 1.96. The van der Waals surface area contributed by atoms with Crippen molar-refractivity contribution in [2.75, 3.05) is 19.1 Å². The van der Waals surface area contributed by atoms with Crippen LogP contribution in [0.1, 0.15) is 11.1 Å². The van der Waals surface area contributed by atoms with Gasteiger partial charge in [0.1, 0.15) is 11.6 Å². The van der Waals surface area contributed by atoms with Gasteiger partial charge in [0.25, 0.3) is 0 Å². The molecular formula is C15H18N2O2. The summed E-state index contributed by atoms with van der Waals surface area (Å²) in [6.45, 7) is 0.726. The molecule has 1 heterocycles. The average molecular weight is 258 g/mol. The van der Waals surface area contributed by atoms with Crippen LogP contribution in [-0.2, 0) is 13.2 Å². The summed E-state index contributed by atoms with van der Waals surface area (Å²) in [6, 6.07) is 11.6. The Hall–Kier alpha value is -2.07. The molecule has 1 N–H and O–H groups in total. The molecule has 19 heavy (non-hydrogen) atoms. The van der Waals surface area contributed by atoms with E-state index in [4.69, 9.17) is 9.84 Å². The lowest BCUT2D eigenvalue weighted by molar-refractivity contribution is 0.281. The highest BCUT2D eigenvalue weighted by Crippen LogP contribution is 2.21. The van der Waals surface area contributed by atoms with Crippen LogP contribution in [0.4, 0.5) is 5.82 Å². The highest BCUT2D eigenvalue weighted by molar-refractivity contribution is 5.43. The van der Waals surface area contributed by atoms with Crippen molar-refractivity contribution in [3.05, 3.63) is 53.7 Å². The normalized spacial score (nSPS) is 10.3. The number of anilines is 1. The smallest absolute Gasteiger partial charge is 0.128 e. The number of rotatable bonds is 5. The molecule has 0 radical (unpaired) electrons. The fourth-order valence-corrected chi connectivity index (χ4v) is 1.94. The van der Waals surface area contributed by atoms with Gasteiger partial charge in [-0.15, -0.1) is 0 Å². The van der Waals surface area contributed by atoms with Crippen LogP contribution in [0.2, 0.25) is 0 Å².